The second-order valence-corrected chi connectivity index (χ2v) is 4.13. The molecule has 0 bridgehead atoms. The summed E-state index contributed by atoms with van der Waals surface area (Å²) in [5.41, 5.74) is 0.753. The van der Waals surface area contributed by atoms with Crippen molar-refractivity contribution < 1.29 is 14.3 Å². The molecule has 1 amide bonds. The van der Waals surface area contributed by atoms with Gasteiger partial charge in [-0.25, -0.2) is 0 Å². The third-order valence-corrected chi connectivity index (χ3v) is 2.58. The molecule has 0 spiro atoms. The van der Waals surface area contributed by atoms with Gasteiger partial charge in [-0.1, -0.05) is 6.07 Å². The highest BCUT2D eigenvalue weighted by molar-refractivity contribution is 5.90. The summed E-state index contributed by atoms with van der Waals surface area (Å²) in [6.07, 6.45) is 1.40. The number of carbonyl (C=O) groups is 1. The number of hydrogen-bond donors (Lipinski definition) is 2. The van der Waals surface area contributed by atoms with E-state index in [0.29, 0.717) is 13.0 Å². The first-order valence-corrected chi connectivity index (χ1v) is 6.40. The first-order valence-electron chi connectivity index (χ1n) is 6.40. The zero-order valence-corrected chi connectivity index (χ0v) is 11.6. The third-order valence-electron chi connectivity index (χ3n) is 2.58. The minimum Gasteiger partial charge on any atom is -0.497 e. The molecule has 0 aromatic heterocycles. The zero-order valence-electron chi connectivity index (χ0n) is 11.6. The Labute approximate surface area is 114 Å². The molecule has 0 fully saturated rings. The number of anilines is 1. The standard InChI is InChI=1S/C14H22N2O3/c1-18-10-4-8-15-9-7-14(17)16-12-5-3-6-13(11-12)19-2/h3,5-6,11,15H,4,7-10H2,1-2H3,(H,16,17). The van der Waals surface area contributed by atoms with Crippen molar-refractivity contribution in [2.75, 3.05) is 39.2 Å². The lowest BCUT2D eigenvalue weighted by Crippen LogP contribution is -2.23. The summed E-state index contributed by atoms with van der Waals surface area (Å²) in [5.74, 6) is 0.725. The second-order valence-electron chi connectivity index (χ2n) is 4.13. The van der Waals surface area contributed by atoms with Gasteiger partial charge in [0.25, 0.3) is 0 Å². The predicted molar refractivity (Wildman–Crippen MR) is 75.6 cm³/mol. The first kappa shape index (κ1) is 15.5. The van der Waals surface area contributed by atoms with Crippen LogP contribution in [0.5, 0.6) is 5.75 Å². The van der Waals surface area contributed by atoms with Gasteiger partial charge in [0.05, 0.1) is 7.11 Å². The molecule has 5 heteroatoms. The number of carbonyl (C=O) groups excluding carboxylic acids is 1. The van der Waals surface area contributed by atoms with Crippen LogP contribution >= 0.6 is 0 Å². The lowest BCUT2D eigenvalue weighted by Gasteiger charge is -2.07. The molecule has 0 heterocycles. The fourth-order valence-electron chi connectivity index (χ4n) is 1.59. The summed E-state index contributed by atoms with van der Waals surface area (Å²) >= 11 is 0. The molecule has 0 radical (unpaired) electrons. The Bertz CT molecular complexity index is 383. The summed E-state index contributed by atoms with van der Waals surface area (Å²) in [7, 11) is 3.28. The van der Waals surface area contributed by atoms with Crippen molar-refractivity contribution >= 4 is 11.6 Å². The molecule has 1 aromatic carbocycles. The highest BCUT2D eigenvalue weighted by Gasteiger charge is 2.02. The fourth-order valence-corrected chi connectivity index (χ4v) is 1.59. The molecule has 1 aromatic rings. The van der Waals surface area contributed by atoms with E-state index in [1.54, 1.807) is 20.3 Å². The van der Waals surface area contributed by atoms with Crippen molar-refractivity contribution in [2.45, 2.75) is 12.8 Å². The lowest BCUT2D eigenvalue weighted by molar-refractivity contribution is -0.116. The Morgan fingerprint density at radius 3 is 2.84 bits per heavy atom. The van der Waals surface area contributed by atoms with Gasteiger partial charge in [-0.3, -0.25) is 4.79 Å². The van der Waals surface area contributed by atoms with Gasteiger partial charge in [0.2, 0.25) is 5.91 Å². The molecule has 0 aliphatic carbocycles. The predicted octanol–water partition coefficient (Wildman–Crippen LogP) is 1.65. The van der Waals surface area contributed by atoms with E-state index in [4.69, 9.17) is 9.47 Å². The average Bonchev–Trinajstić information content (AvgIpc) is 2.43. The van der Waals surface area contributed by atoms with Crippen molar-refractivity contribution in [3.63, 3.8) is 0 Å². The van der Waals surface area contributed by atoms with Crippen molar-refractivity contribution in [3.05, 3.63) is 24.3 Å². The second kappa shape index (κ2) is 9.35. The van der Waals surface area contributed by atoms with Crippen LogP contribution in [0.2, 0.25) is 0 Å². The van der Waals surface area contributed by atoms with Gasteiger partial charge in [-0.2, -0.15) is 0 Å². The smallest absolute Gasteiger partial charge is 0.225 e. The molecule has 106 valence electrons. The van der Waals surface area contributed by atoms with E-state index in [-0.39, 0.29) is 5.91 Å². The van der Waals surface area contributed by atoms with E-state index in [2.05, 4.69) is 10.6 Å². The van der Waals surface area contributed by atoms with Gasteiger partial charge in [-0.05, 0) is 25.1 Å². The van der Waals surface area contributed by atoms with Crippen molar-refractivity contribution in [3.8, 4) is 5.75 Å². The molecule has 0 atom stereocenters. The van der Waals surface area contributed by atoms with Crippen LogP contribution in [-0.2, 0) is 9.53 Å². The summed E-state index contributed by atoms with van der Waals surface area (Å²) < 4.78 is 10.0. The third kappa shape index (κ3) is 6.79. The van der Waals surface area contributed by atoms with E-state index < -0.39 is 0 Å². The number of ether oxygens (including phenoxy) is 2. The van der Waals surface area contributed by atoms with Crippen LogP contribution in [0, 0.1) is 0 Å². The largest absolute Gasteiger partial charge is 0.497 e. The Morgan fingerprint density at radius 2 is 2.11 bits per heavy atom. The Morgan fingerprint density at radius 1 is 1.26 bits per heavy atom. The maximum absolute atomic E-state index is 11.7. The van der Waals surface area contributed by atoms with Gasteiger partial charge in [-0.15, -0.1) is 0 Å². The molecule has 19 heavy (non-hydrogen) atoms. The van der Waals surface area contributed by atoms with E-state index in [1.807, 2.05) is 18.2 Å². The monoisotopic (exact) mass is 266 g/mol. The van der Waals surface area contributed by atoms with E-state index in [1.165, 1.54) is 0 Å². The lowest BCUT2D eigenvalue weighted by atomic mass is 10.3. The van der Waals surface area contributed by atoms with Crippen LogP contribution in [0.4, 0.5) is 5.69 Å². The molecule has 0 saturated carbocycles. The summed E-state index contributed by atoms with van der Waals surface area (Å²) in [4.78, 5) is 11.7. The van der Waals surface area contributed by atoms with Crippen molar-refractivity contribution in [1.82, 2.24) is 5.32 Å². The number of nitrogens with one attached hydrogen (secondary N) is 2. The average molecular weight is 266 g/mol. The van der Waals surface area contributed by atoms with Gasteiger partial charge >= 0.3 is 0 Å². The highest BCUT2D eigenvalue weighted by Crippen LogP contribution is 2.16. The maximum atomic E-state index is 11.7. The number of benzene rings is 1. The molecule has 5 nitrogen and oxygen atoms in total. The topological polar surface area (TPSA) is 59.6 Å². The van der Waals surface area contributed by atoms with Crippen molar-refractivity contribution in [1.29, 1.82) is 0 Å². The number of amides is 1. The molecule has 0 aliphatic heterocycles. The highest BCUT2D eigenvalue weighted by atomic mass is 16.5. The Hall–Kier alpha value is -1.59. The van der Waals surface area contributed by atoms with E-state index >= 15 is 0 Å². The Kier molecular flexibility index (Phi) is 7.62. The normalized spacial score (nSPS) is 10.2. The van der Waals surface area contributed by atoms with Crippen LogP contribution in [-0.4, -0.2) is 39.8 Å². The van der Waals surface area contributed by atoms with Crippen LogP contribution in [0.1, 0.15) is 12.8 Å². The fraction of sp³-hybridized carbons (Fsp3) is 0.500. The molecule has 0 aliphatic rings. The van der Waals surface area contributed by atoms with E-state index in [0.717, 1.165) is 31.0 Å². The van der Waals surface area contributed by atoms with Gasteiger partial charge in [0, 0.05) is 38.4 Å². The van der Waals surface area contributed by atoms with E-state index in [9.17, 15) is 4.79 Å². The number of methoxy groups -OCH3 is 2. The first-order chi connectivity index (χ1) is 9.26. The SMILES string of the molecule is COCCCNCCC(=O)Nc1cccc(OC)c1. The summed E-state index contributed by atoms with van der Waals surface area (Å²) in [5, 5.41) is 6.03. The van der Waals surface area contributed by atoms with Crippen LogP contribution in [0.3, 0.4) is 0 Å². The molecular formula is C14H22N2O3. The minimum atomic E-state index is -0.00695. The summed E-state index contributed by atoms with van der Waals surface area (Å²) in [6.45, 7) is 2.27. The van der Waals surface area contributed by atoms with Gasteiger partial charge in [0.1, 0.15) is 5.75 Å². The van der Waals surface area contributed by atoms with Crippen LogP contribution in [0.25, 0.3) is 0 Å². The van der Waals surface area contributed by atoms with Crippen LogP contribution < -0.4 is 15.4 Å². The molecular weight excluding hydrogens is 244 g/mol. The zero-order chi connectivity index (χ0) is 13.9. The minimum absolute atomic E-state index is 0.00695. The maximum Gasteiger partial charge on any atom is 0.225 e. The van der Waals surface area contributed by atoms with Crippen LogP contribution in [0.15, 0.2) is 24.3 Å². The Balaban J connectivity index is 2.19. The quantitative estimate of drug-likeness (QED) is 0.667. The van der Waals surface area contributed by atoms with Crippen molar-refractivity contribution in [2.24, 2.45) is 0 Å². The number of hydrogen-bond acceptors (Lipinski definition) is 4. The number of rotatable bonds is 9. The molecule has 0 unspecified atom stereocenters. The molecule has 1 rings (SSSR count). The summed E-state index contributed by atoms with van der Waals surface area (Å²) in [6, 6.07) is 7.32. The molecule has 2 N–H and O–H groups in total. The molecule has 0 saturated heterocycles. The van der Waals surface area contributed by atoms with Gasteiger partial charge in [0.15, 0.2) is 0 Å². The van der Waals surface area contributed by atoms with Gasteiger partial charge < -0.3 is 20.1 Å².